The third-order valence-electron chi connectivity index (χ3n) is 3.18. The zero-order valence-electron chi connectivity index (χ0n) is 10.4. The highest BCUT2D eigenvalue weighted by Gasteiger charge is 2.29. The van der Waals surface area contributed by atoms with E-state index in [-0.39, 0.29) is 11.9 Å². The highest BCUT2D eigenvalue weighted by atomic mass is 79.9. The molecule has 1 aromatic carbocycles. The molecule has 0 saturated carbocycles. The van der Waals surface area contributed by atoms with E-state index < -0.39 is 0 Å². The molecule has 1 unspecified atom stereocenters. The number of benzene rings is 1. The monoisotopic (exact) mass is 296 g/mol. The number of likely N-dealkylation sites (N-methyl/N-ethyl adjacent to an activating group) is 1. The minimum Gasteiger partial charge on any atom is -0.372 e. The third kappa shape index (κ3) is 2.46. The summed E-state index contributed by atoms with van der Waals surface area (Å²) in [5.74, 6) is 0.178. The quantitative estimate of drug-likeness (QED) is 0.910. The Bertz CT molecular complexity index is 436. The number of aryl methyl sites for hydroxylation is 2. The fourth-order valence-corrected chi connectivity index (χ4v) is 3.02. The third-order valence-corrected chi connectivity index (χ3v) is 3.80. The van der Waals surface area contributed by atoms with Gasteiger partial charge in [-0.1, -0.05) is 6.07 Å². The van der Waals surface area contributed by atoms with Crippen LogP contribution in [0.25, 0.3) is 0 Å². The van der Waals surface area contributed by atoms with Gasteiger partial charge in [-0.25, -0.2) is 0 Å². The molecule has 1 fully saturated rings. The molecule has 1 amide bonds. The highest BCUT2D eigenvalue weighted by Crippen LogP contribution is 2.29. The Kier molecular flexibility index (Phi) is 3.43. The van der Waals surface area contributed by atoms with E-state index >= 15 is 0 Å². The van der Waals surface area contributed by atoms with Crippen molar-refractivity contribution in [1.82, 2.24) is 4.90 Å². The van der Waals surface area contributed by atoms with Crippen LogP contribution < -0.4 is 5.32 Å². The Balaban J connectivity index is 2.22. The summed E-state index contributed by atoms with van der Waals surface area (Å²) >= 11 is 3.55. The molecule has 1 atom stereocenters. The molecule has 3 nitrogen and oxygen atoms in total. The Morgan fingerprint density at radius 3 is 2.65 bits per heavy atom. The Labute approximate surface area is 110 Å². The standard InChI is InChI=1S/C13H17BrN2O/c1-8-6-9(2)12(10(14)7-8)15-11-4-5-16(3)13(11)17/h6-7,11,15H,4-5H2,1-3H3. The van der Waals surface area contributed by atoms with Crippen LogP contribution in [0.15, 0.2) is 16.6 Å². The van der Waals surface area contributed by atoms with E-state index in [4.69, 9.17) is 0 Å². The second-order valence-electron chi connectivity index (χ2n) is 4.68. The average Bonchev–Trinajstić information content (AvgIpc) is 2.54. The van der Waals surface area contributed by atoms with Gasteiger partial charge in [0.2, 0.25) is 5.91 Å². The minimum atomic E-state index is -0.0855. The van der Waals surface area contributed by atoms with E-state index in [1.54, 1.807) is 4.90 Å². The minimum absolute atomic E-state index is 0.0855. The molecule has 0 radical (unpaired) electrons. The number of carbonyl (C=O) groups is 1. The predicted octanol–water partition coefficient (Wildman–Crippen LogP) is 2.71. The van der Waals surface area contributed by atoms with Gasteiger partial charge in [0.25, 0.3) is 0 Å². The summed E-state index contributed by atoms with van der Waals surface area (Å²) in [5, 5.41) is 3.35. The van der Waals surface area contributed by atoms with Gasteiger partial charge >= 0.3 is 0 Å². The van der Waals surface area contributed by atoms with Crippen LogP contribution in [0.4, 0.5) is 5.69 Å². The van der Waals surface area contributed by atoms with E-state index in [1.807, 2.05) is 7.05 Å². The fraction of sp³-hybridized carbons (Fsp3) is 0.462. The van der Waals surface area contributed by atoms with Crippen LogP contribution in [0.3, 0.4) is 0 Å². The number of hydrogen-bond donors (Lipinski definition) is 1. The van der Waals surface area contributed by atoms with E-state index in [9.17, 15) is 4.79 Å². The van der Waals surface area contributed by atoms with Crippen LogP contribution in [-0.2, 0) is 4.79 Å². The zero-order chi connectivity index (χ0) is 12.6. The molecule has 92 valence electrons. The van der Waals surface area contributed by atoms with Crippen molar-refractivity contribution in [2.45, 2.75) is 26.3 Å². The first-order valence-corrected chi connectivity index (χ1v) is 6.56. The van der Waals surface area contributed by atoms with Gasteiger partial charge in [0.1, 0.15) is 6.04 Å². The van der Waals surface area contributed by atoms with E-state index in [2.05, 4.69) is 47.2 Å². The van der Waals surface area contributed by atoms with E-state index in [0.29, 0.717) is 0 Å². The maximum absolute atomic E-state index is 11.8. The summed E-state index contributed by atoms with van der Waals surface area (Å²) in [4.78, 5) is 13.6. The first kappa shape index (κ1) is 12.4. The Hall–Kier alpha value is -1.03. The number of hydrogen-bond acceptors (Lipinski definition) is 2. The highest BCUT2D eigenvalue weighted by molar-refractivity contribution is 9.10. The van der Waals surface area contributed by atoms with Crippen LogP contribution in [0.1, 0.15) is 17.5 Å². The van der Waals surface area contributed by atoms with Crippen LogP contribution in [0.5, 0.6) is 0 Å². The van der Waals surface area contributed by atoms with Crippen LogP contribution in [0, 0.1) is 13.8 Å². The number of anilines is 1. The molecule has 1 heterocycles. The molecule has 1 saturated heterocycles. The SMILES string of the molecule is Cc1cc(C)c(NC2CCN(C)C2=O)c(Br)c1. The van der Waals surface area contributed by atoms with Gasteiger partial charge in [-0.3, -0.25) is 4.79 Å². The van der Waals surface area contributed by atoms with Crippen molar-refractivity contribution in [1.29, 1.82) is 0 Å². The molecule has 0 aliphatic carbocycles. The summed E-state index contributed by atoms with van der Waals surface area (Å²) in [5.41, 5.74) is 3.42. The normalized spacial score (nSPS) is 19.9. The van der Waals surface area contributed by atoms with Crippen molar-refractivity contribution >= 4 is 27.5 Å². The topological polar surface area (TPSA) is 32.3 Å². The van der Waals surface area contributed by atoms with Crippen molar-refractivity contribution < 1.29 is 4.79 Å². The van der Waals surface area contributed by atoms with Gasteiger partial charge in [-0.15, -0.1) is 0 Å². The van der Waals surface area contributed by atoms with Gasteiger partial charge in [0.05, 0.1) is 5.69 Å². The number of carbonyl (C=O) groups excluding carboxylic acids is 1. The summed E-state index contributed by atoms with van der Waals surface area (Å²) in [7, 11) is 1.85. The summed E-state index contributed by atoms with van der Waals surface area (Å²) in [6.07, 6.45) is 0.870. The lowest BCUT2D eigenvalue weighted by Crippen LogP contribution is -2.31. The lowest BCUT2D eigenvalue weighted by Gasteiger charge is -2.17. The number of nitrogens with one attached hydrogen (secondary N) is 1. The van der Waals surface area contributed by atoms with Crippen LogP contribution >= 0.6 is 15.9 Å². The van der Waals surface area contributed by atoms with Crippen molar-refractivity contribution in [3.63, 3.8) is 0 Å². The first-order valence-electron chi connectivity index (χ1n) is 5.77. The molecule has 17 heavy (non-hydrogen) atoms. The maximum Gasteiger partial charge on any atom is 0.244 e. The zero-order valence-corrected chi connectivity index (χ0v) is 12.0. The molecule has 2 rings (SSSR count). The summed E-state index contributed by atoms with van der Waals surface area (Å²) < 4.78 is 1.03. The molecule has 0 bridgehead atoms. The average molecular weight is 297 g/mol. The van der Waals surface area contributed by atoms with E-state index in [1.165, 1.54) is 11.1 Å². The second-order valence-corrected chi connectivity index (χ2v) is 5.54. The molecular weight excluding hydrogens is 280 g/mol. The smallest absolute Gasteiger partial charge is 0.244 e. The molecule has 1 aliphatic heterocycles. The summed E-state index contributed by atoms with van der Waals surface area (Å²) in [6.45, 7) is 4.96. The number of nitrogens with zero attached hydrogens (tertiary/aromatic N) is 1. The number of amides is 1. The number of likely N-dealkylation sites (tertiary alicyclic amines) is 1. The maximum atomic E-state index is 11.8. The van der Waals surface area contributed by atoms with Gasteiger partial charge in [0.15, 0.2) is 0 Å². The molecule has 0 spiro atoms. The van der Waals surface area contributed by atoms with Crippen LogP contribution in [-0.4, -0.2) is 30.4 Å². The Morgan fingerprint density at radius 1 is 1.41 bits per heavy atom. The van der Waals surface area contributed by atoms with Gasteiger partial charge in [-0.2, -0.15) is 0 Å². The van der Waals surface area contributed by atoms with Crippen LogP contribution in [0.2, 0.25) is 0 Å². The van der Waals surface area contributed by atoms with Crippen molar-refractivity contribution in [3.05, 3.63) is 27.7 Å². The van der Waals surface area contributed by atoms with Gasteiger partial charge in [0, 0.05) is 18.1 Å². The molecule has 1 aliphatic rings. The second kappa shape index (κ2) is 4.69. The largest absolute Gasteiger partial charge is 0.372 e. The molecule has 1 aromatic rings. The molecular formula is C13H17BrN2O. The van der Waals surface area contributed by atoms with Crippen molar-refractivity contribution in [3.8, 4) is 0 Å². The molecule has 4 heteroatoms. The van der Waals surface area contributed by atoms with E-state index in [0.717, 1.165) is 23.1 Å². The molecule has 1 N–H and O–H groups in total. The predicted molar refractivity (Wildman–Crippen MR) is 73.3 cm³/mol. The van der Waals surface area contributed by atoms with Crippen molar-refractivity contribution in [2.24, 2.45) is 0 Å². The fourth-order valence-electron chi connectivity index (χ4n) is 2.23. The first-order chi connectivity index (χ1) is 7.99. The lowest BCUT2D eigenvalue weighted by atomic mass is 10.1. The summed E-state index contributed by atoms with van der Waals surface area (Å²) in [6, 6.07) is 4.10. The molecule has 0 aromatic heterocycles. The lowest BCUT2D eigenvalue weighted by molar-refractivity contribution is -0.127. The number of rotatable bonds is 2. The number of halogens is 1. The Morgan fingerprint density at radius 2 is 2.12 bits per heavy atom. The van der Waals surface area contributed by atoms with Gasteiger partial charge < -0.3 is 10.2 Å². The van der Waals surface area contributed by atoms with Crippen molar-refractivity contribution in [2.75, 3.05) is 18.9 Å². The van der Waals surface area contributed by atoms with Gasteiger partial charge in [-0.05, 0) is 53.4 Å².